The first-order valence-electron chi connectivity index (χ1n) is 12.1. The number of hydrogen-bond acceptors (Lipinski definition) is 5. The smallest absolute Gasteiger partial charge is 0.326 e. The number of likely N-dealkylation sites (tertiary alicyclic amines) is 1. The van der Waals surface area contributed by atoms with Crippen LogP contribution in [0.2, 0.25) is 0 Å². The molecule has 1 saturated heterocycles. The topological polar surface area (TPSA) is 105 Å². The van der Waals surface area contributed by atoms with Crippen LogP contribution in [-0.4, -0.2) is 60.1 Å². The Bertz CT molecular complexity index is 807. The fourth-order valence-electron chi connectivity index (χ4n) is 4.45. The second-order valence-corrected chi connectivity index (χ2v) is 8.67. The van der Waals surface area contributed by atoms with Gasteiger partial charge in [0.1, 0.15) is 6.61 Å². The number of benzene rings is 1. The van der Waals surface area contributed by atoms with E-state index in [9.17, 15) is 14.4 Å². The molecule has 1 fully saturated rings. The minimum atomic E-state index is -0.799. The zero-order valence-electron chi connectivity index (χ0n) is 20.7. The van der Waals surface area contributed by atoms with Crippen molar-refractivity contribution in [1.29, 1.82) is 0 Å². The Morgan fingerprint density at radius 1 is 1.18 bits per heavy atom. The number of carbonyl (C=O) groups is 3. The van der Waals surface area contributed by atoms with Gasteiger partial charge in [0.25, 0.3) is 0 Å². The lowest BCUT2D eigenvalue weighted by molar-refractivity contribution is -0.212. The first kappa shape index (κ1) is 26.8. The molecule has 3 N–H and O–H groups in total. The monoisotopic (exact) mass is 460 g/mol. The largest absolute Gasteiger partial charge is 0.347 e. The Balaban J connectivity index is 2.18. The van der Waals surface area contributed by atoms with Crippen molar-refractivity contribution in [3.63, 3.8) is 0 Å². The maximum Gasteiger partial charge on any atom is 0.326 e. The Hall–Kier alpha value is -2.45. The van der Waals surface area contributed by atoms with E-state index in [1.807, 2.05) is 52.0 Å². The van der Waals surface area contributed by atoms with Crippen molar-refractivity contribution < 1.29 is 19.1 Å². The lowest BCUT2D eigenvalue weighted by Gasteiger charge is -2.53. The van der Waals surface area contributed by atoms with Crippen LogP contribution < -0.4 is 11.1 Å². The molecule has 0 spiro atoms. The van der Waals surface area contributed by atoms with Gasteiger partial charge in [-0.05, 0) is 38.7 Å². The molecule has 1 aliphatic heterocycles. The number of urea groups is 1. The summed E-state index contributed by atoms with van der Waals surface area (Å²) < 4.78 is 5.95. The summed E-state index contributed by atoms with van der Waals surface area (Å²) in [5.74, 6) is -0.455. The van der Waals surface area contributed by atoms with Gasteiger partial charge in [0.15, 0.2) is 6.23 Å². The van der Waals surface area contributed by atoms with E-state index >= 15 is 0 Å². The predicted molar refractivity (Wildman–Crippen MR) is 128 cm³/mol. The molecule has 1 aliphatic rings. The van der Waals surface area contributed by atoms with E-state index in [0.29, 0.717) is 32.5 Å². The average molecular weight is 461 g/mol. The quantitative estimate of drug-likeness (QED) is 0.466. The highest BCUT2D eigenvalue weighted by Gasteiger charge is 2.62. The van der Waals surface area contributed by atoms with Crippen molar-refractivity contribution in [2.45, 2.75) is 72.6 Å². The number of ether oxygens (including phenoxy) is 1. The van der Waals surface area contributed by atoms with Crippen LogP contribution in [0, 0.1) is 12.3 Å². The van der Waals surface area contributed by atoms with Crippen molar-refractivity contribution in [1.82, 2.24) is 15.1 Å². The fraction of sp³-hybridized carbons (Fsp3) is 0.640. The van der Waals surface area contributed by atoms with Gasteiger partial charge in [0.2, 0.25) is 11.8 Å². The van der Waals surface area contributed by atoms with E-state index in [-0.39, 0.29) is 24.5 Å². The van der Waals surface area contributed by atoms with E-state index in [4.69, 9.17) is 10.5 Å². The molecular formula is C25H40N4O4. The summed E-state index contributed by atoms with van der Waals surface area (Å²) in [5, 5.41) is 3.02. The highest BCUT2D eigenvalue weighted by Crippen LogP contribution is 2.46. The molecule has 1 aromatic carbocycles. The van der Waals surface area contributed by atoms with Gasteiger partial charge in [-0.3, -0.25) is 9.59 Å². The molecule has 184 valence electrons. The first-order valence-corrected chi connectivity index (χ1v) is 12.1. The van der Waals surface area contributed by atoms with Gasteiger partial charge in [-0.15, -0.1) is 0 Å². The number of amides is 4. The number of carbonyl (C=O) groups excluding carboxylic acids is 3. The van der Waals surface area contributed by atoms with Gasteiger partial charge in [0, 0.05) is 19.6 Å². The highest BCUT2D eigenvalue weighted by molar-refractivity contribution is 6.03. The lowest BCUT2D eigenvalue weighted by Crippen LogP contribution is -2.72. The maximum absolute atomic E-state index is 13.2. The summed E-state index contributed by atoms with van der Waals surface area (Å²) in [4.78, 5) is 41.7. The zero-order chi connectivity index (χ0) is 24.6. The van der Waals surface area contributed by atoms with E-state index in [1.165, 1.54) is 0 Å². The number of nitrogens with zero attached hydrogens (tertiary/aromatic N) is 2. The molecular weight excluding hydrogens is 420 g/mol. The number of β-lactam (4-membered cyclic amide) rings is 1. The second kappa shape index (κ2) is 12.1. The Morgan fingerprint density at radius 2 is 1.82 bits per heavy atom. The molecule has 1 unspecified atom stereocenters. The third-order valence-corrected chi connectivity index (χ3v) is 6.69. The second-order valence-electron chi connectivity index (χ2n) is 8.67. The number of nitrogens with two attached hydrogens (primary N) is 1. The Kier molecular flexibility index (Phi) is 9.86. The van der Waals surface area contributed by atoms with Gasteiger partial charge in [-0.2, -0.15) is 0 Å². The Morgan fingerprint density at radius 3 is 2.33 bits per heavy atom. The number of nitrogens with one attached hydrogen (secondary N) is 1. The van der Waals surface area contributed by atoms with Crippen LogP contribution in [0.1, 0.15) is 70.5 Å². The number of aryl methyl sites for hydroxylation is 1. The number of likely N-dealkylation sites (N-methyl/N-ethyl adjacent to an activating group) is 1. The molecule has 33 heavy (non-hydrogen) atoms. The molecule has 8 heteroatoms. The minimum Gasteiger partial charge on any atom is -0.347 e. The van der Waals surface area contributed by atoms with Crippen LogP contribution >= 0.6 is 0 Å². The van der Waals surface area contributed by atoms with Crippen molar-refractivity contribution in [2.24, 2.45) is 11.1 Å². The molecule has 0 radical (unpaired) electrons. The molecule has 4 amide bonds. The predicted octanol–water partition coefficient (Wildman–Crippen LogP) is 3.34. The van der Waals surface area contributed by atoms with Crippen LogP contribution in [-0.2, 0) is 14.3 Å². The van der Waals surface area contributed by atoms with Gasteiger partial charge in [-0.1, -0.05) is 57.0 Å². The van der Waals surface area contributed by atoms with Gasteiger partial charge < -0.3 is 20.7 Å². The summed E-state index contributed by atoms with van der Waals surface area (Å²) >= 11 is 0. The molecule has 0 aliphatic carbocycles. The van der Waals surface area contributed by atoms with Crippen LogP contribution in [0.5, 0.6) is 0 Å². The number of rotatable bonds is 12. The van der Waals surface area contributed by atoms with Crippen LogP contribution in [0.4, 0.5) is 4.79 Å². The fourth-order valence-corrected chi connectivity index (χ4v) is 4.45. The van der Waals surface area contributed by atoms with Crippen LogP contribution in [0.25, 0.3) is 0 Å². The maximum atomic E-state index is 13.2. The van der Waals surface area contributed by atoms with Crippen molar-refractivity contribution >= 4 is 17.8 Å². The standard InChI is InChI=1S/C25H40N4O4/c1-6-10-20(19-13-11-18(5)12-14-19)27-24(32)29-22(31)25(7-2,8-3)23(29)33-17-21(30)28(9-4)16-15-26/h11-14,20,23H,6-10,15-17,26H2,1-5H3,(H,27,32)/t20-,23?/m1/s1. The molecule has 0 bridgehead atoms. The molecule has 8 nitrogen and oxygen atoms in total. The summed E-state index contributed by atoms with van der Waals surface area (Å²) in [6.07, 6.45) is 1.91. The van der Waals surface area contributed by atoms with Gasteiger partial charge in [-0.25, -0.2) is 9.69 Å². The van der Waals surface area contributed by atoms with E-state index in [0.717, 1.165) is 28.9 Å². The minimum absolute atomic E-state index is 0.201. The number of imide groups is 1. The zero-order valence-corrected chi connectivity index (χ0v) is 20.7. The summed E-state index contributed by atoms with van der Waals surface area (Å²) in [6, 6.07) is 7.33. The Labute approximate surface area is 197 Å². The molecule has 2 atom stereocenters. The highest BCUT2D eigenvalue weighted by atomic mass is 16.5. The summed E-state index contributed by atoms with van der Waals surface area (Å²) in [7, 11) is 0. The summed E-state index contributed by atoms with van der Waals surface area (Å²) in [5.41, 5.74) is 6.93. The first-order chi connectivity index (χ1) is 15.8. The SMILES string of the molecule is CCC[C@@H](NC(=O)N1C(=O)C(CC)(CC)C1OCC(=O)N(CC)CCN)c1ccc(C)cc1. The molecule has 2 rings (SSSR count). The van der Waals surface area contributed by atoms with E-state index in [1.54, 1.807) is 4.90 Å². The normalized spacial score (nSPS) is 17.9. The van der Waals surface area contributed by atoms with E-state index in [2.05, 4.69) is 12.2 Å². The van der Waals surface area contributed by atoms with Crippen molar-refractivity contribution in [3.8, 4) is 0 Å². The summed E-state index contributed by atoms with van der Waals surface area (Å²) in [6.45, 7) is 10.9. The molecule has 0 saturated carbocycles. The third-order valence-electron chi connectivity index (χ3n) is 6.69. The van der Waals surface area contributed by atoms with Crippen LogP contribution in [0.15, 0.2) is 24.3 Å². The third kappa shape index (κ3) is 5.73. The number of hydrogen-bond donors (Lipinski definition) is 2. The van der Waals surface area contributed by atoms with Crippen molar-refractivity contribution in [3.05, 3.63) is 35.4 Å². The lowest BCUT2D eigenvalue weighted by atomic mass is 9.72. The van der Waals surface area contributed by atoms with Crippen molar-refractivity contribution in [2.75, 3.05) is 26.2 Å². The van der Waals surface area contributed by atoms with Crippen LogP contribution in [0.3, 0.4) is 0 Å². The molecule has 1 heterocycles. The van der Waals surface area contributed by atoms with Gasteiger partial charge in [0.05, 0.1) is 11.5 Å². The molecule has 0 aromatic heterocycles. The van der Waals surface area contributed by atoms with Gasteiger partial charge >= 0.3 is 6.03 Å². The van der Waals surface area contributed by atoms with E-state index < -0.39 is 17.7 Å². The molecule has 1 aromatic rings. The average Bonchev–Trinajstić information content (AvgIpc) is 2.81.